The molecule has 1 heterocycles. The number of rotatable bonds is 4. The average Bonchev–Trinajstić information content (AvgIpc) is 3.25. The second-order valence-electron chi connectivity index (χ2n) is 5.62. The third kappa shape index (κ3) is 4.52. The fourth-order valence-corrected chi connectivity index (χ4v) is 2.91. The number of benzene rings is 1. The molecule has 0 unspecified atom stereocenters. The van der Waals surface area contributed by atoms with Crippen molar-refractivity contribution in [2.24, 2.45) is 5.92 Å². The van der Waals surface area contributed by atoms with Crippen molar-refractivity contribution in [1.29, 1.82) is 0 Å². The smallest absolute Gasteiger partial charge is 0.163 e. The molecule has 0 bridgehead atoms. The van der Waals surface area contributed by atoms with Crippen molar-refractivity contribution in [2.75, 3.05) is 26.2 Å². The Morgan fingerprint density at radius 2 is 1.81 bits per heavy atom. The summed E-state index contributed by atoms with van der Waals surface area (Å²) >= 11 is 0. The molecule has 1 saturated carbocycles. The summed E-state index contributed by atoms with van der Waals surface area (Å²) in [5, 5.41) is 3.31. The highest BCUT2D eigenvalue weighted by Crippen LogP contribution is 2.40. The Balaban J connectivity index is 0.00000110. The summed E-state index contributed by atoms with van der Waals surface area (Å²) in [5.41, 5.74) is 0.536. The van der Waals surface area contributed by atoms with Crippen LogP contribution in [0.5, 0.6) is 0 Å². The molecule has 21 heavy (non-hydrogen) atoms. The van der Waals surface area contributed by atoms with Gasteiger partial charge in [0.05, 0.1) is 0 Å². The third-order valence-electron chi connectivity index (χ3n) is 4.19. The molecule has 6 heteroatoms. The Hall–Kier alpha value is -0.420. The molecule has 1 aliphatic carbocycles. The number of halogens is 4. The summed E-state index contributed by atoms with van der Waals surface area (Å²) in [4.78, 5) is 2.30. The zero-order chi connectivity index (χ0) is 13.2. The van der Waals surface area contributed by atoms with Crippen LogP contribution in [0.4, 0.5) is 8.78 Å². The largest absolute Gasteiger partial charge is 0.314 e. The number of piperazine rings is 1. The van der Waals surface area contributed by atoms with E-state index in [1.165, 1.54) is 18.9 Å². The normalized spacial score (nSPS) is 20.3. The predicted molar refractivity (Wildman–Crippen MR) is 85.4 cm³/mol. The van der Waals surface area contributed by atoms with E-state index in [9.17, 15) is 8.78 Å². The fourth-order valence-electron chi connectivity index (χ4n) is 2.91. The number of nitrogens with zero attached hydrogens (tertiary/aromatic N) is 1. The van der Waals surface area contributed by atoms with E-state index in [0.29, 0.717) is 11.5 Å². The monoisotopic (exact) mass is 338 g/mol. The van der Waals surface area contributed by atoms with Crippen LogP contribution in [0, 0.1) is 17.6 Å². The van der Waals surface area contributed by atoms with Gasteiger partial charge in [0.2, 0.25) is 0 Å². The van der Waals surface area contributed by atoms with Gasteiger partial charge in [-0.05, 0) is 18.4 Å². The van der Waals surface area contributed by atoms with Crippen molar-refractivity contribution in [3.05, 3.63) is 35.4 Å². The van der Waals surface area contributed by atoms with Crippen LogP contribution in [0.1, 0.15) is 30.9 Å². The van der Waals surface area contributed by atoms with Gasteiger partial charge in [-0.15, -0.1) is 24.8 Å². The van der Waals surface area contributed by atoms with Crippen LogP contribution in [0.2, 0.25) is 0 Å². The third-order valence-corrected chi connectivity index (χ3v) is 4.19. The lowest BCUT2D eigenvalue weighted by Crippen LogP contribution is -2.45. The highest BCUT2D eigenvalue weighted by molar-refractivity contribution is 5.85. The lowest BCUT2D eigenvalue weighted by molar-refractivity contribution is 0.156. The molecule has 1 aromatic carbocycles. The van der Waals surface area contributed by atoms with Crippen molar-refractivity contribution in [1.82, 2.24) is 10.2 Å². The highest BCUT2D eigenvalue weighted by Gasteiger charge is 2.32. The summed E-state index contributed by atoms with van der Waals surface area (Å²) in [6.07, 6.45) is 3.43. The zero-order valence-corrected chi connectivity index (χ0v) is 13.5. The van der Waals surface area contributed by atoms with E-state index in [1.807, 2.05) is 0 Å². The molecular formula is C15H22Cl2F2N2. The van der Waals surface area contributed by atoms with Crippen LogP contribution in [-0.2, 0) is 0 Å². The minimum atomic E-state index is -0.728. The molecule has 1 aliphatic heterocycles. The van der Waals surface area contributed by atoms with E-state index < -0.39 is 11.6 Å². The number of nitrogens with one attached hydrogen (secondary N) is 1. The van der Waals surface area contributed by atoms with Gasteiger partial charge < -0.3 is 5.32 Å². The highest BCUT2D eigenvalue weighted by atomic mass is 35.5. The molecule has 0 spiro atoms. The Bertz CT molecular complexity index is 449. The van der Waals surface area contributed by atoms with E-state index in [1.54, 1.807) is 12.1 Å². The van der Waals surface area contributed by atoms with Gasteiger partial charge >= 0.3 is 0 Å². The van der Waals surface area contributed by atoms with Gasteiger partial charge in [-0.2, -0.15) is 0 Å². The standard InChI is InChI=1S/C15H20F2N2.2ClH/c16-13-3-1-2-12(15(13)17)14(10-11-4-5-11)19-8-6-18-7-9-19;;/h1-3,11,14,18H,4-10H2;2*1H/t14-;;/m1../s1. The molecule has 120 valence electrons. The maximum Gasteiger partial charge on any atom is 0.163 e. The topological polar surface area (TPSA) is 15.3 Å². The summed E-state index contributed by atoms with van der Waals surface area (Å²) < 4.78 is 27.5. The molecule has 2 nitrogen and oxygen atoms in total. The Morgan fingerprint density at radius 1 is 1.14 bits per heavy atom. The minimum absolute atomic E-state index is 0. The number of hydrogen-bond acceptors (Lipinski definition) is 2. The lowest BCUT2D eigenvalue weighted by atomic mass is 9.98. The summed E-state index contributed by atoms with van der Waals surface area (Å²) in [7, 11) is 0. The molecule has 2 aliphatic rings. The molecule has 1 aromatic rings. The van der Waals surface area contributed by atoms with E-state index in [-0.39, 0.29) is 30.9 Å². The van der Waals surface area contributed by atoms with Crippen molar-refractivity contribution >= 4 is 24.8 Å². The molecule has 1 saturated heterocycles. The Labute approximate surface area is 137 Å². The second-order valence-corrected chi connectivity index (χ2v) is 5.62. The molecule has 0 radical (unpaired) electrons. The van der Waals surface area contributed by atoms with Crippen LogP contribution in [0.15, 0.2) is 18.2 Å². The lowest BCUT2D eigenvalue weighted by Gasteiger charge is -2.35. The maximum absolute atomic E-state index is 14.1. The minimum Gasteiger partial charge on any atom is -0.314 e. The maximum atomic E-state index is 14.1. The van der Waals surface area contributed by atoms with E-state index >= 15 is 0 Å². The quantitative estimate of drug-likeness (QED) is 0.902. The van der Waals surface area contributed by atoms with Crippen molar-refractivity contribution < 1.29 is 8.78 Å². The van der Waals surface area contributed by atoms with E-state index in [4.69, 9.17) is 0 Å². The van der Waals surface area contributed by atoms with E-state index in [2.05, 4.69) is 10.2 Å². The molecule has 3 rings (SSSR count). The van der Waals surface area contributed by atoms with Crippen LogP contribution in [0.3, 0.4) is 0 Å². The molecule has 2 fully saturated rings. The van der Waals surface area contributed by atoms with Crippen LogP contribution in [-0.4, -0.2) is 31.1 Å². The van der Waals surface area contributed by atoms with Crippen molar-refractivity contribution in [3.8, 4) is 0 Å². The van der Waals surface area contributed by atoms with Gasteiger partial charge in [0, 0.05) is 37.8 Å². The Morgan fingerprint density at radius 3 is 2.43 bits per heavy atom. The summed E-state index contributed by atoms with van der Waals surface area (Å²) in [6, 6.07) is 4.60. The first-order valence-corrected chi connectivity index (χ1v) is 7.14. The van der Waals surface area contributed by atoms with Crippen molar-refractivity contribution in [3.63, 3.8) is 0 Å². The van der Waals surface area contributed by atoms with Gasteiger partial charge in [0.25, 0.3) is 0 Å². The van der Waals surface area contributed by atoms with Gasteiger partial charge in [-0.1, -0.05) is 25.0 Å². The SMILES string of the molecule is Cl.Cl.Fc1cccc([C@@H](CC2CC2)N2CCNCC2)c1F. The number of hydrogen-bond donors (Lipinski definition) is 1. The predicted octanol–water partition coefficient (Wildman–Crippen LogP) is 3.55. The molecular weight excluding hydrogens is 317 g/mol. The van der Waals surface area contributed by atoms with E-state index in [0.717, 1.165) is 32.6 Å². The van der Waals surface area contributed by atoms with Gasteiger partial charge in [0.15, 0.2) is 11.6 Å². The molecule has 0 amide bonds. The summed E-state index contributed by atoms with van der Waals surface area (Å²) in [6.45, 7) is 3.68. The van der Waals surface area contributed by atoms with Crippen LogP contribution < -0.4 is 5.32 Å². The molecule has 1 atom stereocenters. The van der Waals surface area contributed by atoms with Crippen LogP contribution >= 0.6 is 24.8 Å². The summed E-state index contributed by atoms with van der Waals surface area (Å²) in [5.74, 6) is -0.692. The van der Waals surface area contributed by atoms with Gasteiger partial charge in [-0.3, -0.25) is 4.90 Å². The Kier molecular flexibility index (Phi) is 7.34. The van der Waals surface area contributed by atoms with Gasteiger partial charge in [0.1, 0.15) is 0 Å². The first-order chi connectivity index (χ1) is 9.25. The zero-order valence-electron chi connectivity index (χ0n) is 11.9. The molecule has 1 N–H and O–H groups in total. The second kappa shape index (κ2) is 8.28. The molecule has 0 aromatic heterocycles. The first kappa shape index (κ1) is 18.6. The average molecular weight is 339 g/mol. The fraction of sp³-hybridized carbons (Fsp3) is 0.600. The van der Waals surface area contributed by atoms with Crippen molar-refractivity contribution in [2.45, 2.75) is 25.3 Å². The first-order valence-electron chi connectivity index (χ1n) is 7.14. The van der Waals surface area contributed by atoms with Gasteiger partial charge in [-0.25, -0.2) is 8.78 Å². The van der Waals surface area contributed by atoms with Crippen LogP contribution in [0.25, 0.3) is 0 Å².